The highest BCUT2D eigenvalue weighted by molar-refractivity contribution is 5.39. The van der Waals surface area contributed by atoms with Crippen molar-refractivity contribution < 1.29 is 9.84 Å². The zero-order valence-electron chi connectivity index (χ0n) is 12.2. The number of nitrogens with zero attached hydrogens (tertiary/aromatic N) is 2. The third-order valence-electron chi connectivity index (χ3n) is 4.48. The molecule has 0 aromatic heterocycles. The van der Waals surface area contributed by atoms with E-state index in [2.05, 4.69) is 35.0 Å². The molecule has 2 aliphatic heterocycles. The SMILES string of the molecule is CN1CCN(Cc2ccc3c(c2)CCO3)C[C@H]1CCO. The van der Waals surface area contributed by atoms with Crippen molar-refractivity contribution in [1.29, 1.82) is 0 Å². The molecule has 0 spiro atoms. The highest BCUT2D eigenvalue weighted by atomic mass is 16.5. The smallest absolute Gasteiger partial charge is 0.122 e. The minimum absolute atomic E-state index is 0.277. The quantitative estimate of drug-likeness (QED) is 0.894. The van der Waals surface area contributed by atoms with Crippen molar-refractivity contribution in [3.63, 3.8) is 0 Å². The van der Waals surface area contributed by atoms with Gasteiger partial charge in [-0.15, -0.1) is 0 Å². The van der Waals surface area contributed by atoms with Gasteiger partial charge >= 0.3 is 0 Å². The van der Waals surface area contributed by atoms with E-state index in [0.29, 0.717) is 6.04 Å². The largest absolute Gasteiger partial charge is 0.493 e. The molecule has 0 bridgehead atoms. The Bertz CT molecular complexity index is 464. The number of aliphatic hydroxyl groups excluding tert-OH is 1. The predicted octanol–water partition coefficient (Wildman–Crippen LogP) is 1.12. The highest BCUT2D eigenvalue weighted by Crippen LogP contribution is 2.26. The van der Waals surface area contributed by atoms with Gasteiger partial charge in [-0.2, -0.15) is 0 Å². The topological polar surface area (TPSA) is 35.9 Å². The van der Waals surface area contributed by atoms with E-state index in [1.807, 2.05) is 0 Å². The number of piperazine rings is 1. The van der Waals surface area contributed by atoms with Gasteiger partial charge in [0.2, 0.25) is 0 Å². The van der Waals surface area contributed by atoms with Gasteiger partial charge in [-0.3, -0.25) is 4.90 Å². The van der Waals surface area contributed by atoms with Crippen molar-refractivity contribution in [2.75, 3.05) is 39.9 Å². The summed E-state index contributed by atoms with van der Waals surface area (Å²) in [7, 11) is 2.16. The molecule has 1 fully saturated rings. The average Bonchev–Trinajstić information content (AvgIpc) is 2.90. The molecule has 0 amide bonds. The van der Waals surface area contributed by atoms with Gasteiger partial charge in [-0.25, -0.2) is 0 Å². The van der Waals surface area contributed by atoms with Crippen LogP contribution in [0, 0.1) is 0 Å². The van der Waals surface area contributed by atoms with Gasteiger partial charge in [0.25, 0.3) is 0 Å². The summed E-state index contributed by atoms with van der Waals surface area (Å²) >= 11 is 0. The fourth-order valence-electron chi connectivity index (χ4n) is 3.21. The van der Waals surface area contributed by atoms with E-state index < -0.39 is 0 Å². The van der Waals surface area contributed by atoms with Crippen molar-refractivity contribution in [3.05, 3.63) is 29.3 Å². The molecule has 1 N–H and O–H groups in total. The molecule has 0 aliphatic carbocycles. The fourth-order valence-corrected chi connectivity index (χ4v) is 3.21. The number of fused-ring (bicyclic) bond motifs is 1. The van der Waals surface area contributed by atoms with Crippen molar-refractivity contribution in [1.82, 2.24) is 9.80 Å². The molecule has 110 valence electrons. The summed E-state index contributed by atoms with van der Waals surface area (Å²) in [6, 6.07) is 7.07. The Kier molecular flexibility index (Phi) is 4.24. The fraction of sp³-hybridized carbons (Fsp3) is 0.625. The number of benzene rings is 1. The van der Waals surface area contributed by atoms with Crippen LogP contribution in [0.15, 0.2) is 18.2 Å². The van der Waals surface area contributed by atoms with Crippen LogP contribution < -0.4 is 4.74 Å². The van der Waals surface area contributed by atoms with Gasteiger partial charge < -0.3 is 14.7 Å². The molecule has 1 aromatic carbocycles. The molecule has 1 saturated heterocycles. The van der Waals surface area contributed by atoms with Crippen LogP contribution >= 0.6 is 0 Å². The molecule has 1 atom stereocenters. The Hall–Kier alpha value is -1.10. The van der Waals surface area contributed by atoms with E-state index in [9.17, 15) is 0 Å². The molecule has 1 aromatic rings. The monoisotopic (exact) mass is 276 g/mol. The van der Waals surface area contributed by atoms with Gasteiger partial charge in [0.05, 0.1) is 6.61 Å². The van der Waals surface area contributed by atoms with Gasteiger partial charge in [0, 0.05) is 45.2 Å². The Morgan fingerprint density at radius 1 is 1.35 bits per heavy atom. The summed E-state index contributed by atoms with van der Waals surface area (Å²) in [6.07, 6.45) is 1.91. The van der Waals surface area contributed by atoms with E-state index in [1.165, 1.54) is 11.1 Å². The second-order valence-electron chi connectivity index (χ2n) is 5.92. The first-order chi connectivity index (χ1) is 9.76. The van der Waals surface area contributed by atoms with Gasteiger partial charge in [0.15, 0.2) is 0 Å². The molecule has 4 nitrogen and oxygen atoms in total. The van der Waals surface area contributed by atoms with Crippen LogP contribution in [0.2, 0.25) is 0 Å². The molecular formula is C16H24N2O2. The summed E-state index contributed by atoms with van der Waals surface area (Å²) in [6.45, 7) is 5.34. The number of aliphatic hydroxyl groups is 1. The van der Waals surface area contributed by atoms with Crippen LogP contribution in [0.25, 0.3) is 0 Å². The van der Waals surface area contributed by atoms with E-state index in [-0.39, 0.29) is 6.61 Å². The van der Waals surface area contributed by atoms with E-state index in [4.69, 9.17) is 9.84 Å². The zero-order chi connectivity index (χ0) is 13.9. The number of rotatable bonds is 4. The summed E-state index contributed by atoms with van der Waals surface area (Å²) in [4.78, 5) is 4.86. The Morgan fingerprint density at radius 2 is 2.25 bits per heavy atom. The van der Waals surface area contributed by atoms with Gasteiger partial charge in [0.1, 0.15) is 5.75 Å². The first-order valence-electron chi connectivity index (χ1n) is 7.54. The third kappa shape index (κ3) is 2.97. The maximum absolute atomic E-state index is 9.16. The maximum atomic E-state index is 9.16. The van der Waals surface area contributed by atoms with Crippen molar-refractivity contribution in [2.24, 2.45) is 0 Å². The lowest BCUT2D eigenvalue weighted by Gasteiger charge is -2.39. The normalized spacial score (nSPS) is 23.6. The lowest BCUT2D eigenvalue weighted by molar-refractivity contribution is 0.0743. The van der Waals surface area contributed by atoms with Crippen molar-refractivity contribution >= 4 is 0 Å². The summed E-state index contributed by atoms with van der Waals surface area (Å²) in [5.74, 6) is 1.06. The van der Waals surface area contributed by atoms with Crippen molar-refractivity contribution in [3.8, 4) is 5.75 Å². The molecule has 2 aliphatic rings. The van der Waals surface area contributed by atoms with Crippen LogP contribution in [0.5, 0.6) is 5.75 Å². The van der Waals surface area contributed by atoms with Crippen LogP contribution in [-0.2, 0) is 13.0 Å². The van der Waals surface area contributed by atoms with Crippen LogP contribution in [-0.4, -0.2) is 60.8 Å². The summed E-state index contributed by atoms with van der Waals surface area (Å²) in [5, 5.41) is 9.16. The summed E-state index contributed by atoms with van der Waals surface area (Å²) in [5.41, 5.74) is 2.73. The number of likely N-dealkylation sites (N-methyl/N-ethyl adjacent to an activating group) is 1. The van der Waals surface area contributed by atoms with Crippen LogP contribution in [0.3, 0.4) is 0 Å². The Balaban J connectivity index is 1.62. The molecule has 0 saturated carbocycles. The number of ether oxygens (including phenoxy) is 1. The van der Waals surface area contributed by atoms with E-state index >= 15 is 0 Å². The molecular weight excluding hydrogens is 252 g/mol. The third-order valence-corrected chi connectivity index (χ3v) is 4.48. The molecule has 3 rings (SSSR count). The first-order valence-corrected chi connectivity index (χ1v) is 7.54. The Morgan fingerprint density at radius 3 is 3.10 bits per heavy atom. The van der Waals surface area contributed by atoms with Crippen LogP contribution in [0.1, 0.15) is 17.5 Å². The number of hydrogen-bond donors (Lipinski definition) is 1. The molecule has 4 heteroatoms. The lowest BCUT2D eigenvalue weighted by Crippen LogP contribution is -2.51. The van der Waals surface area contributed by atoms with Gasteiger partial charge in [-0.05, 0) is 30.7 Å². The summed E-state index contributed by atoms with van der Waals surface area (Å²) < 4.78 is 5.56. The molecule has 0 unspecified atom stereocenters. The minimum atomic E-state index is 0.277. The van der Waals surface area contributed by atoms with Crippen LogP contribution in [0.4, 0.5) is 0 Å². The highest BCUT2D eigenvalue weighted by Gasteiger charge is 2.24. The standard InChI is InChI=1S/C16H24N2O2/c1-17-6-7-18(12-15(17)4-8-19)11-13-2-3-16-14(10-13)5-9-20-16/h2-3,10,15,19H,4-9,11-12H2,1H3/t15-/m1/s1. The number of hydrogen-bond acceptors (Lipinski definition) is 4. The second kappa shape index (κ2) is 6.12. The minimum Gasteiger partial charge on any atom is -0.493 e. The molecule has 20 heavy (non-hydrogen) atoms. The second-order valence-corrected chi connectivity index (χ2v) is 5.92. The molecule has 0 radical (unpaired) electrons. The molecule has 2 heterocycles. The average molecular weight is 276 g/mol. The lowest BCUT2D eigenvalue weighted by atomic mass is 10.1. The Labute approximate surface area is 120 Å². The van der Waals surface area contributed by atoms with E-state index in [0.717, 1.165) is 51.4 Å². The first kappa shape index (κ1) is 13.9. The maximum Gasteiger partial charge on any atom is 0.122 e. The zero-order valence-corrected chi connectivity index (χ0v) is 12.2. The van der Waals surface area contributed by atoms with E-state index in [1.54, 1.807) is 0 Å². The van der Waals surface area contributed by atoms with Crippen molar-refractivity contribution in [2.45, 2.75) is 25.4 Å². The van der Waals surface area contributed by atoms with Gasteiger partial charge in [-0.1, -0.05) is 12.1 Å². The predicted molar refractivity (Wildman–Crippen MR) is 79.0 cm³/mol.